The fraction of sp³-hybridized carbons (Fsp3) is 0.833. The zero-order chi connectivity index (χ0) is 13.5. The summed E-state index contributed by atoms with van der Waals surface area (Å²) in [6.07, 6.45) is 1.13. The van der Waals surface area contributed by atoms with Crippen LogP contribution in [0.4, 0.5) is 0 Å². The molecule has 0 aliphatic carbocycles. The summed E-state index contributed by atoms with van der Waals surface area (Å²) in [6.45, 7) is 3.61. The lowest BCUT2D eigenvalue weighted by Crippen LogP contribution is -2.51. The number of methoxy groups -OCH3 is 1. The molecule has 1 saturated heterocycles. The standard InChI is InChI=1S/C12H22N2O4/c1-9(16)13-11-5-10(6-12(17)18-2)7-14(8-11)3-4-15/h10-11,15H,3-8H2,1-2H3,(H,13,16). The number of rotatable bonds is 5. The molecule has 104 valence electrons. The maximum Gasteiger partial charge on any atom is 0.305 e. The molecule has 6 heteroatoms. The van der Waals surface area contributed by atoms with Crippen molar-refractivity contribution >= 4 is 11.9 Å². The number of β-amino-alcohol motifs (C(OH)–C–C–N with tert-alkyl or cyclic N) is 1. The summed E-state index contributed by atoms with van der Waals surface area (Å²) in [7, 11) is 1.38. The van der Waals surface area contributed by atoms with Crippen molar-refractivity contribution in [1.29, 1.82) is 0 Å². The highest BCUT2D eigenvalue weighted by Gasteiger charge is 2.28. The summed E-state index contributed by atoms with van der Waals surface area (Å²) in [6, 6.07) is 0.0393. The van der Waals surface area contributed by atoms with E-state index < -0.39 is 0 Å². The molecular weight excluding hydrogens is 236 g/mol. The third-order valence-electron chi connectivity index (χ3n) is 3.12. The van der Waals surface area contributed by atoms with Crippen molar-refractivity contribution in [2.45, 2.75) is 25.8 Å². The molecule has 0 spiro atoms. The van der Waals surface area contributed by atoms with Gasteiger partial charge in [-0.2, -0.15) is 0 Å². The molecule has 0 saturated carbocycles. The Morgan fingerprint density at radius 2 is 2.17 bits per heavy atom. The van der Waals surface area contributed by atoms with Gasteiger partial charge in [0.1, 0.15) is 0 Å². The van der Waals surface area contributed by atoms with E-state index in [0.717, 1.165) is 19.5 Å². The monoisotopic (exact) mass is 258 g/mol. The van der Waals surface area contributed by atoms with Gasteiger partial charge in [-0.3, -0.25) is 14.5 Å². The van der Waals surface area contributed by atoms with Crippen molar-refractivity contribution in [1.82, 2.24) is 10.2 Å². The van der Waals surface area contributed by atoms with Crippen LogP contribution in [-0.2, 0) is 14.3 Å². The minimum absolute atomic E-state index is 0.0393. The molecule has 1 amide bonds. The Labute approximate surface area is 107 Å². The predicted molar refractivity (Wildman–Crippen MR) is 65.9 cm³/mol. The van der Waals surface area contributed by atoms with Gasteiger partial charge in [0.05, 0.1) is 13.7 Å². The number of nitrogens with one attached hydrogen (secondary N) is 1. The highest BCUT2D eigenvalue weighted by molar-refractivity contribution is 5.73. The van der Waals surface area contributed by atoms with Gasteiger partial charge < -0.3 is 15.2 Å². The zero-order valence-electron chi connectivity index (χ0n) is 11.0. The Kier molecular flexibility index (Phi) is 6.07. The molecule has 1 heterocycles. The first-order valence-electron chi connectivity index (χ1n) is 6.22. The minimum atomic E-state index is -0.229. The van der Waals surface area contributed by atoms with Crippen molar-refractivity contribution in [2.75, 3.05) is 33.4 Å². The van der Waals surface area contributed by atoms with Crippen molar-refractivity contribution in [2.24, 2.45) is 5.92 Å². The van der Waals surface area contributed by atoms with E-state index in [1.165, 1.54) is 14.0 Å². The van der Waals surface area contributed by atoms with Crippen molar-refractivity contribution in [3.8, 4) is 0 Å². The molecule has 1 fully saturated rings. The van der Waals surface area contributed by atoms with Crippen LogP contribution in [-0.4, -0.2) is 61.3 Å². The Balaban J connectivity index is 2.55. The molecule has 18 heavy (non-hydrogen) atoms. The van der Waals surface area contributed by atoms with E-state index in [2.05, 4.69) is 15.0 Å². The molecule has 0 aromatic heterocycles. The topological polar surface area (TPSA) is 78.9 Å². The minimum Gasteiger partial charge on any atom is -0.469 e. The van der Waals surface area contributed by atoms with E-state index in [1.54, 1.807) is 0 Å². The van der Waals surface area contributed by atoms with Crippen LogP contribution in [0.1, 0.15) is 19.8 Å². The third-order valence-corrected chi connectivity index (χ3v) is 3.12. The molecule has 0 radical (unpaired) electrons. The number of aliphatic hydroxyl groups is 1. The molecule has 0 aromatic rings. The highest BCUT2D eigenvalue weighted by atomic mass is 16.5. The summed E-state index contributed by atoms with van der Waals surface area (Å²) in [5.41, 5.74) is 0. The van der Waals surface area contributed by atoms with Crippen molar-refractivity contribution in [3.63, 3.8) is 0 Å². The average molecular weight is 258 g/mol. The smallest absolute Gasteiger partial charge is 0.305 e. The van der Waals surface area contributed by atoms with Gasteiger partial charge in [-0.25, -0.2) is 0 Å². The number of amides is 1. The molecule has 2 unspecified atom stereocenters. The van der Waals surface area contributed by atoms with Crippen LogP contribution in [0.15, 0.2) is 0 Å². The average Bonchev–Trinajstić information content (AvgIpc) is 2.28. The first-order valence-corrected chi connectivity index (χ1v) is 6.22. The van der Waals surface area contributed by atoms with Crippen LogP contribution in [0.25, 0.3) is 0 Å². The van der Waals surface area contributed by atoms with E-state index in [1.807, 2.05) is 0 Å². The Bertz CT molecular complexity index is 296. The summed E-state index contributed by atoms with van der Waals surface area (Å²) in [4.78, 5) is 24.5. The van der Waals surface area contributed by atoms with Crippen LogP contribution < -0.4 is 5.32 Å². The Hall–Kier alpha value is -1.14. The van der Waals surface area contributed by atoms with E-state index in [0.29, 0.717) is 13.0 Å². The van der Waals surface area contributed by atoms with Crippen molar-refractivity contribution < 1.29 is 19.4 Å². The number of carbonyl (C=O) groups excluding carboxylic acids is 2. The summed E-state index contributed by atoms with van der Waals surface area (Å²) in [5, 5.41) is 11.9. The van der Waals surface area contributed by atoms with Crippen LogP contribution in [0, 0.1) is 5.92 Å². The number of carbonyl (C=O) groups is 2. The second-order valence-corrected chi connectivity index (χ2v) is 4.76. The number of ether oxygens (including phenoxy) is 1. The summed E-state index contributed by atoms with van der Waals surface area (Å²) in [5.74, 6) is -0.135. The zero-order valence-corrected chi connectivity index (χ0v) is 11.0. The van der Waals surface area contributed by atoms with Gasteiger partial charge >= 0.3 is 5.97 Å². The van der Waals surface area contributed by atoms with Gasteiger partial charge in [0.15, 0.2) is 0 Å². The SMILES string of the molecule is COC(=O)CC1CC(NC(C)=O)CN(CCO)C1. The first kappa shape index (κ1) is 14.9. The van der Waals surface area contributed by atoms with Crippen LogP contribution in [0.2, 0.25) is 0 Å². The van der Waals surface area contributed by atoms with Gasteiger partial charge in [-0.05, 0) is 12.3 Å². The number of piperidine rings is 1. The predicted octanol–water partition coefficient (Wildman–Crippen LogP) is -0.632. The molecule has 6 nitrogen and oxygen atoms in total. The third kappa shape index (κ3) is 5.01. The Morgan fingerprint density at radius 1 is 1.44 bits per heavy atom. The molecule has 1 aliphatic heterocycles. The number of likely N-dealkylation sites (tertiary alicyclic amines) is 1. The largest absolute Gasteiger partial charge is 0.469 e. The fourth-order valence-corrected chi connectivity index (χ4v) is 2.49. The van der Waals surface area contributed by atoms with E-state index in [4.69, 9.17) is 5.11 Å². The molecule has 2 atom stereocenters. The molecule has 0 aromatic carbocycles. The van der Waals surface area contributed by atoms with E-state index in [9.17, 15) is 9.59 Å². The number of esters is 1. The number of hydrogen-bond donors (Lipinski definition) is 2. The van der Waals surface area contributed by atoms with Gasteiger partial charge in [0.2, 0.25) is 5.91 Å². The molecule has 2 N–H and O–H groups in total. The van der Waals surface area contributed by atoms with Crippen LogP contribution >= 0.6 is 0 Å². The van der Waals surface area contributed by atoms with Gasteiger partial charge in [-0.1, -0.05) is 0 Å². The molecule has 1 aliphatic rings. The lowest BCUT2D eigenvalue weighted by atomic mass is 9.91. The second kappa shape index (κ2) is 7.33. The maximum absolute atomic E-state index is 11.3. The molecular formula is C12H22N2O4. The molecule has 0 bridgehead atoms. The lowest BCUT2D eigenvalue weighted by molar-refractivity contribution is -0.142. The van der Waals surface area contributed by atoms with Gasteiger partial charge in [0, 0.05) is 39.0 Å². The maximum atomic E-state index is 11.3. The van der Waals surface area contributed by atoms with Crippen LogP contribution in [0.3, 0.4) is 0 Å². The van der Waals surface area contributed by atoms with E-state index >= 15 is 0 Å². The number of aliphatic hydroxyl groups excluding tert-OH is 1. The second-order valence-electron chi connectivity index (χ2n) is 4.76. The fourth-order valence-electron chi connectivity index (χ4n) is 2.49. The lowest BCUT2D eigenvalue weighted by Gasteiger charge is -2.37. The Morgan fingerprint density at radius 3 is 2.72 bits per heavy atom. The van der Waals surface area contributed by atoms with Crippen molar-refractivity contribution in [3.05, 3.63) is 0 Å². The first-order chi connectivity index (χ1) is 8.55. The number of nitrogens with zero attached hydrogens (tertiary/aromatic N) is 1. The summed E-state index contributed by atoms with van der Waals surface area (Å²) < 4.78 is 4.67. The summed E-state index contributed by atoms with van der Waals surface area (Å²) >= 11 is 0. The van der Waals surface area contributed by atoms with Crippen LogP contribution in [0.5, 0.6) is 0 Å². The highest BCUT2D eigenvalue weighted by Crippen LogP contribution is 2.20. The van der Waals surface area contributed by atoms with E-state index in [-0.39, 0.29) is 30.4 Å². The van der Waals surface area contributed by atoms with Gasteiger partial charge in [0.25, 0.3) is 0 Å². The normalized spacial score (nSPS) is 24.6. The molecule has 1 rings (SSSR count). The van der Waals surface area contributed by atoms with Gasteiger partial charge in [-0.15, -0.1) is 0 Å². The quantitative estimate of drug-likeness (QED) is 0.642. The number of hydrogen-bond acceptors (Lipinski definition) is 5.